The van der Waals surface area contributed by atoms with Gasteiger partial charge in [-0.1, -0.05) is 0 Å². The summed E-state index contributed by atoms with van der Waals surface area (Å²) in [5, 5.41) is 19.1. The van der Waals surface area contributed by atoms with Gasteiger partial charge in [0.2, 0.25) is 5.13 Å². The summed E-state index contributed by atoms with van der Waals surface area (Å²) in [7, 11) is 3.32. The van der Waals surface area contributed by atoms with Crippen molar-refractivity contribution in [3.8, 4) is 0 Å². The van der Waals surface area contributed by atoms with Crippen LogP contribution in [0.2, 0.25) is 0 Å². The average molecular weight is 423 g/mol. The first-order valence-electron chi connectivity index (χ1n) is 8.98. The lowest BCUT2D eigenvalue weighted by molar-refractivity contribution is -0.380. The van der Waals surface area contributed by atoms with Crippen molar-refractivity contribution in [3.05, 3.63) is 40.1 Å². The van der Waals surface area contributed by atoms with Crippen LogP contribution in [0.15, 0.2) is 34.6 Å². The Labute approximate surface area is 173 Å². The van der Waals surface area contributed by atoms with E-state index in [1.165, 1.54) is 6.20 Å². The van der Waals surface area contributed by atoms with Crippen LogP contribution in [0.3, 0.4) is 0 Å². The molecule has 0 aliphatic rings. The number of aryl methyl sites for hydroxylation is 1. The van der Waals surface area contributed by atoms with E-state index in [2.05, 4.69) is 20.1 Å². The summed E-state index contributed by atoms with van der Waals surface area (Å²) in [5.74, 6) is 0. The highest BCUT2D eigenvalue weighted by Gasteiger charge is 2.12. The van der Waals surface area contributed by atoms with E-state index in [4.69, 9.17) is 14.2 Å². The molecule has 0 spiro atoms. The van der Waals surface area contributed by atoms with Crippen LogP contribution < -0.4 is 4.90 Å². The van der Waals surface area contributed by atoms with Gasteiger partial charge in [-0.3, -0.25) is 10.1 Å². The van der Waals surface area contributed by atoms with Crippen LogP contribution in [0.25, 0.3) is 0 Å². The molecule has 2 rings (SSSR count). The summed E-state index contributed by atoms with van der Waals surface area (Å²) in [6.45, 7) is 5.69. The lowest BCUT2D eigenvalue weighted by Gasteiger charge is -2.25. The predicted octanol–water partition coefficient (Wildman–Crippen LogP) is 3.89. The average Bonchev–Trinajstić information content (AvgIpc) is 3.18. The number of anilines is 1. The standard InChI is InChI=1S/C18H25N5O5S/c1-14-12-15(22(6-8-26-2)7-9-28-11-10-27-3)4-5-16(14)20-21-18-19-13-17(29-18)23(24)25/h4-5,12-13H,6-11H2,1-3H3. The Balaban J connectivity index is 2.04. The van der Waals surface area contributed by atoms with Gasteiger partial charge in [0.15, 0.2) is 0 Å². The van der Waals surface area contributed by atoms with E-state index < -0.39 is 4.92 Å². The molecule has 0 saturated carbocycles. The second-order valence-corrected chi connectivity index (χ2v) is 6.98. The fourth-order valence-corrected chi connectivity index (χ4v) is 2.98. The van der Waals surface area contributed by atoms with Crippen LogP contribution in [0.5, 0.6) is 0 Å². The van der Waals surface area contributed by atoms with Gasteiger partial charge in [-0.05, 0) is 42.0 Å². The molecule has 0 N–H and O–H groups in total. The van der Waals surface area contributed by atoms with Crippen LogP contribution in [0, 0.1) is 17.0 Å². The molecular formula is C18H25N5O5S. The largest absolute Gasteiger partial charge is 0.383 e. The third-order valence-corrected chi connectivity index (χ3v) is 4.79. The molecule has 0 bridgehead atoms. The smallest absolute Gasteiger partial charge is 0.345 e. The molecule has 158 valence electrons. The molecule has 11 heteroatoms. The molecular weight excluding hydrogens is 398 g/mol. The van der Waals surface area contributed by atoms with E-state index in [1.54, 1.807) is 14.2 Å². The van der Waals surface area contributed by atoms with Gasteiger partial charge in [-0.15, -0.1) is 10.2 Å². The van der Waals surface area contributed by atoms with E-state index in [0.717, 1.165) is 35.7 Å². The number of rotatable bonds is 13. The molecule has 29 heavy (non-hydrogen) atoms. The minimum absolute atomic E-state index is 0.0625. The van der Waals surface area contributed by atoms with Gasteiger partial charge in [0.25, 0.3) is 0 Å². The lowest BCUT2D eigenvalue weighted by atomic mass is 10.1. The zero-order chi connectivity index (χ0) is 21.1. The quantitative estimate of drug-likeness (QED) is 0.208. The Morgan fingerprint density at radius 3 is 2.55 bits per heavy atom. The maximum Gasteiger partial charge on any atom is 0.345 e. The molecule has 0 aliphatic heterocycles. The number of aromatic nitrogens is 1. The van der Waals surface area contributed by atoms with Gasteiger partial charge in [-0.25, -0.2) is 4.98 Å². The maximum atomic E-state index is 10.7. The Morgan fingerprint density at radius 1 is 1.14 bits per heavy atom. The number of nitrogens with zero attached hydrogens (tertiary/aromatic N) is 5. The topological polar surface area (TPSA) is 112 Å². The summed E-state index contributed by atoms with van der Waals surface area (Å²) in [4.78, 5) is 16.3. The van der Waals surface area contributed by atoms with Gasteiger partial charge in [0, 0.05) is 33.0 Å². The zero-order valence-corrected chi connectivity index (χ0v) is 17.6. The van der Waals surface area contributed by atoms with Crippen molar-refractivity contribution < 1.29 is 19.1 Å². The lowest BCUT2D eigenvalue weighted by Crippen LogP contribution is -2.31. The van der Waals surface area contributed by atoms with E-state index in [-0.39, 0.29) is 10.1 Å². The number of thiazole rings is 1. The van der Waals surface area contributed by atoms with Gasteiger partial charge in [-0.2, -0.15) is 0 Å². The van der Waals surface area contributed by atoms with Crippen molar-refractivity contribution in [2.45, 2.75) is 6.92 Å². The van der Waals surface area contributed by atoms with E-state index in [9.17, 15) is 10.1 Å². The van der Waals surface area contributed by atoms with Crippen molar-refractivity contribution in [1.82, 2.24) is 4.98 Å². The Hall–Kier alpha value is -2.47. The Bertz CT molecular complexity index is 814. The molecule has 0 atom stereocenters. The fourth-order valence-electron chi connectivity index (χ4n) is 2.42. The maximum absolute atomic E-state index is 10.7. The number of ether oxygens (including phenoxy) is 3. The van der Waals surface area contributed by atoms with Gasteiger partial charge < -0.3 is 19.1 Å². The first kappa shape index (κ1) is 22.8. The second-order valence-electron chi connectivity index (χ2n) is 5.99. The van der Waals surface area contributed by atoms with Crippen LogP contribution in [0.1, 0.15) is 5.56 Å². The minimum atomic E-state index is -0.496. The van der Waals surface area contributed by atoms with Gasteiger partial charge in [0.05, 0.1) is 37.0 Å². The molecule has 0 saturated heterocycles. The minimum Gasteiger partial charge on any atom is -0.383 e. The molecule has 1 heterocycles. The number of hydrogen-bond acceptors (Lipinski definition) is 10. The zero-order valence-electron chi connectivity index (χ0n) is 16.7. The van der Waals surface area contributed by atoms with Crippen LogP contribution >= 0.6 is 11.3 Å². The summed E-state index contributed by atoms with van der Waals surface area (Å²) >= 11 is 0.882. The van der Waals surface area contributed by atoms with Gasteiger partial charge >= 0.3 is 5.00 Å². The van der Waals surface area contributed by atoms with Crippen molar-refractivity contribution >= 4 is 32.8 Å². The number of nitro groups is 1. The molecule has 0 fully saturated rings. The highest BCUT2D eigenvalue weighted by Crippen LogP contribution is 2.30. The highest BCUT2D eigenvalue weighted by molar-refractivity contribution is 7.18. The summed E-state index contributed by atoms with van der Waals surface area (Å²) in [5.41, 5.74) is 2.63. The number of azo groups is 1. The number of benzene rings is 1. The predicted molar refractivity (Wildman–Crippen MR) is 111 cm³/mol. The number of methoxy groups -OCH3 is 2. The first-order valence-corrected chi connectivity index (χ1v) is 9.80. The molecule has 10 nitrogen and oxygen atoms in total. The second kappa shape index (κ2) is 12.2. The molecule has 0 amide bonds. The normalized spacial score (nSPS) is 11.3. The van der Waals surface area contributed by atoms with E-state index >= 15 is 0 Å². The summed E-state index contributed by atoms with van der Waals surface area (Å²) in [6.07, 6.45) is 1.18. The van der Waals surface area contributed by atoms with Crippen LogP contribution in [-0.4, -0.2) is 63.6 Å². The molecule has 0 unspecified atom stereocenters. The van der Waals surface area contributed by atoms with Crippen LogP contribution in [-0.2, 0) is 14.2 Å². The van der Waals surface area contributed by atoms with Crippen molar-refractivity contribution in [2.24, 2.45) is 10.2 Å². The summed E-state index contributed by atoms with van der Waals surface area (Å²) < 4.78 is 15.8. The van der Waals surface area contributed by atoms with Crippen molar-refractivity contribution in [3.63, 3.8) is 0 Å². The third kappa shape index (κ3) is 7.46. The number of hydrogen-bond donors (Lipinski definition) is 0. The highest BCUT2D eigenvalue weighted by atomic mass is 32.1. The third-order valence-electron chi connectivity index (χ3n) is 3.95. The molecule has 0 radical (unpaired) electrons. The van der Waals surface area contributed by atoms with Crippen LogP contribution in [0.4, 0.5) is 21.5 Å². The monoisotopic (exact) mass is 423 g/mol. The van der Waals surface area contributed by atoms with Gasteiger partial charge in [0.1, 0.15) is 6.20 Å². The van der Waals surface area contributed by atoms with E-state index in [1.807, 2.05) is 25.1 Å². The van der Waals surface area contributed by atoms with Crippen molar-refractivity contribution in [2.75, 3.05) is 58.6 Å². The van der Waals surface area contributed by atoms with E-state index in [0.29, 0.717) is 32.1 Å². The molecule has 1 aromatic carbocycles. The molecule has 0 aliphatic carbocycles. The van der Waals surface area contributed by atoms with Crippen molar-refractivity contribution in [1.29, 1.82) is 0 Å². The SMILES string of the molecule is COCCOCCN(CCOC)c1ccc(N=Nc2ncc([N+](=O)[O-])s2)c(C)c1. The molecule has 2 aromatic rings. The molecule has 1 aromatic heterocycles. The summed E-state index contributed by atoms with van der Waals surface area (Å²) in [6, 6.07) is 5.84. The fraction of sp³-hybridized carbons (Fsp3) is 0.500. The Kier molecular flexibility index (Phi) is 9.57. The Morgan fingerprint density at radius 2 is 1.90 bits per heavy atom. The first-order chi connectivity index (χ1) is 14.0.